The lowest BCUT2D eigenvalue weighted by molar-refractivity contribution is 0.713. The Morgan fingerprint density at radius 2 is 2.50 bits per heavy atom. The molecule has 1 heterocycles. The fraction of sp³-hybridized carbons (Fsp3) is 0.667. The molecule has 3 nitrogen and oxygen atoms in total. The van der Waals surface area contributed by atoms with Gasteiger partial charge in [0.1, 0.15) is 0 Å². The third kappa shape index (κ3) is 1.50. The maximum Gasteiger partial charge on any atom is 0.0524 e. The second kappa shape index (κ2) is 2.90. The molecule has 3 heteroatoms. The van der Waals surface area contributed by atoms with E-state index in [0.717, 1.165) is 12.3 Å². The summed E-state index contributed by atoms with van der Waals surface area (Å²) in [5.41, 5.74) is 8.36. The van der Waals surface area contributed by atoms with E-state index >= 15 is 0 Å². The van der Waals surface area contributed by atoms with Crippen LogP contribution in [0.5, 0.6) is 0 Å². The Hall–Kier alpha value is -0.830. The van der Waals surface area contributed by atoms with Crippen LogP contribution in [0, 0.1) is 0 Å². The topological polar surface area (TPSA) is 54.7 Å². The van der Waals surface area contributed by atoms with Crippen LogP contribution in [0.4, 0.5) is 0 Å². The van der Waals surface area contributed by atoms with E-state index in [9.17, 15) is 0 Å². The monoisotopic (exact) mass is 165 g/mol. The van der Waals surface area contributed by atoms with Crippen LogP contribution in [0.2, 0.25) is 0 Å². The van der Waals surface area contributed by atoms with E-state index in [-0.39, 0.29) is 6.04 Å². The van der Waals surface area contributed by atoms with Gasteiger partial charge in [0, 0.05) is 18.2 Å². The standard InChI is InChI=1S/C9H15N3/c1-6(10)4-9-8(5-11-12-9)7-2-3-7/h5-7H,2-4,10H2,1H3,(H,11,12). The van der Waals surface area contributed by atoms with Crippen molar-refractivity contribution in [3.05, 3.63) is 17.5 Å². The summed E-state index contributed by atoms with van der Waals surface area (Å²) in [4.78, 5) is 0. The van der Waals surface area contributed by atoms with Gasteiger partial charge in [-0.25, -0.2) is 0 Å². The third-order valence-electron chi connectivity index (χ3n) is 2.29. The minimum absolute atomic E-state index is 0.225. The smallest absolute Gasteiger partial charge is 0.0524 e. The maximum atomic E-state index is 5.73. The Kier molecular flexibility index (Phi) is 1.89. The summed E-state index contributed by atoms with van der Waals surface area (Å²) >= 11 is 0. The van der Waals surface area contributed by atoms with Crippen molar-refractivity contribution in [1.82, 2.24) is 10.2 Å². The van der Waals surface area contributed by atoms with Gasteiger partial charge in [-0.05, 0) is 31.2 Å². The number of H-pyrrole nitrogens is 1. The van der Waals surface area contributed by atoms with Gasteiger partial charge in [-0.3, -0.25) is 5.10 Å². The number of hydrogen-bond donors (Lipinski definition) is 2. The van der Waals surface area contributed by atoms with Crippen LogP contribution in [-0.4, -0.2) is 16.2 Å². The number of nitrogens with zero attached hydrogens (tertiary/aromatic N) is 1. The molecule has 1 saturated carbocycles. The van der Waals surface area contributed by atoms with Gasteiger partial charge in [-0.1, -0.05) is 0 Å². The molecular formula is C9H15N3. The fourth-order valence-corrected chi connectivity index (χ4v) is 1.55. The zero-order valence-corrected chi connectivity index (χ0v) is 7.38. The molecular weight excluding hydrogens is 150 g/mol. The number of aromatic nitrogens is 2. The second-order valence-corrected chi connectivity index (χ2v) is 3.76. The van der Waals surface area contributed by atoms with Crippen molar-refractivity contribution < 1.29 is 0 Å². The molecule has 2 rings (SSSR count). The van der Waals surface area contributed by atoms with E-state index in [4.69, 9.17) is 5.73 Å². The van der Waals surface area contributed by atoms with Crippen LogP contribution in [-0.2, 0) is 6.42 Å². The van der Waals surface area contributed by atoms with Gasteiger partial charge in [-0.2, -0.15) is 5.10 Å². The van der Waals surface area contributed by atoms with Crippen LogP contribution >= 0.6 is 0 Å². The number of aromatic amines is 1. The first kappa shape index (κ1) is 7.80. The molecule has 1 fully saturated rings. The van der Waals surface area contributed by atoms with E-state index < -0.39 is 0 Å². The highest BCUT2D eigenvalue weighted by atomic mass is 15.1. The van der Waals surface area contributed by atoms with E-state index in [1.54, 1.807) is 0 Å². The van der Waals surface area contributed by atoms with E-state index in [1.807, 2.05) is 13.1 Å². The van der Waals surface area contributed by atoms with Gasteiger partial charge in [0.25, 0.3) is 0 Å². The van der Waals surface area contributed by atoms with Gasteiger partial charge < -0.3 is 5.73 Å². The predicted molar refractivity (Wildman–Crippen MR) is 47.9 cm³/mol. The second-order valence-electron chi connectivity index (χ2n) is 3.76. The summed E-state index contributed by atoms with van der Waals surface area (Å²) in [5, 5.41) is 7.08. The van der Waals surface area contributed by atoms with Crippen molar-refractivity contribution in [2.24, 2.45) is 5.73 Å². The highest BCUT2D eigenvalue weighted by Gasteiger charge is 2.27. The molecule has 12 heavy (non-hydrogen) atoms. The highest BCUT2D eigenvalue weighted by molar-refractivity contribution is 5.25. The minimum Gasteiger partial charge on any atom is -0.328 e. The first-order valence-electron chi connectivity index (χ1n) is 4.55. The minimum atomic E-state index is 0.225. The zero-order valence-electron chi connectivity index (χ0n) is 7.38. The van der Waals surface area contributed by atoms with Crippen LogP contribution in [0.1, 0.15) is 36.9 Å². The van der Waals surface area contributed by atoms with Crippen molar-refractivity contribution in [3.8, 4) is 0 Å². The first-order chi connectivity index (χ1) is 5.77. The lowest BCUT2D eigenvalue weighted by atomic mass is 10.1. The number of rotatable bonds is 3. The summed E-state index contributed by atoms with van der Waals surface area (Å²) < 4.78 is 0. The average molecular weight is 165 g/mol. The fourth-order valence-electron chi connectivity index (χ4n) is 1.55. The summed E-state index contributed by atoms with van der Waals surface area (Å²) in [5.74, 6) is 0.775. The highest BCUT2D eigenvalue weighted by Crippen LogP contribution is 2.41. The molecule has 1 aromatic rings. The Bertz CT molecular complexity index is 260. The van der Waals surface area contributed by atoms with E-state index in [0.29, 0.717) is 0 Å². The van der Waals surface area contributed by atoms with Crippen LogP contribution in [0.25, 0.3) is 0 Å². The normalized spacial score (nSPS) is 19.5. The van der Waals surface area contributed by atoms with Gasteiger partial charge in [-0.15, -0.1) is 0 Å². The summed E-state index contributed by atoms with van der Waals surface area (Å²) in [6.45, 7) is 2.03. The van der Waals surface area contributed by atoms with Crippen molar-refractivity contribution in [2.45, 2.75) is 38.1 Å². The largest absolute Gasteiger partial charge is 0.328 e. The number of nitrogens with two attached hydrogens (primary N) is 1. The Morgan fingerprint density at radius 1 is 1.75 bits per heavy atom. The molecule has 1 aliphatic rings. The van der Waals surface area contributed by atoms with Gasteiger partial charge in [0.05, 0.1) is 6.20 Å². The maximum absolute atomic E-state index is 5.73. The summed E-state index contributed by atoms with van der Waals surface area (Å²) in [6.07, 6.45) is 5.53. The molecule has 1 aromatic heterocycles. The van der Waals surface area contributed by atoms with Crippen molar-refractivity contribution in [3.63, 3.8) is 0 Å². The Balaban J connectivity index is 2.13. The Morgan fingerprint density at radius 3 is 3.08 bits per heavy atom. The molecule has 1 unspecified atom stereocenters. The molecule has 3 N–H and O–H groups in total. The SMILES string of the molecule is CC(N)Cc1[nH]ncc1C1CC1. The molecule has 1 atom stereocenters. The van der Waals surface area contributed by atoms with Gasteiger partial charge >= 0.3 is 0 Å². The molecule has 0 aliphatic heterocycles. The van der Waals surface area contributed by atoms with E-state index in [1.165, 1.54) is 24.1 Å². The van der Waals surface area contributed by atoms with Crippen molar-refractivity contribution in [1.29, 1.82) is 0 Å². The third-order valence-corrected chi connectivity index (χ3v) is 2.29. The van der Waals surface area contributed by atoms with Gasteiger partial charge in [0.15, 0.2) is 0 Å². The average Bonchev–Trinajstić information content (AvgIpc) is 2.73. The molecule has 0 aromatic carbocycles. The van der Waals surface area contributed by atoms with E-state index in [2.05, 4.69) is 10.2 Å². The number of nitrogens with one attached hydrogen (secondary N) is 1. The zero-order chi connectivity index (χ0) is 8.55. The van der Waals surface area contributed by atoms with Crippen molar-refractivity contribution in [2.75, 3.05) is 0 Å². The van der Waals surface area contributed by atoms with Crippen molar-refractivity contribution >= 4 is 0 Å². The van der Waals surface area contributed by atoms with Crippen LogP contribution < -0.4 is 5.73 Å². The number of hydrogen-bond acceptors (Lipinski definition) is 2. The molecule has 0 radical (unpaired) electrons. The molecule has 0 spiro atoms. The lowest BCUT2D eigenvalue weighted by Crippen LogP contribution is -2.18. The quantitative estimate of drug-likeness (QED) is 0.706. The molecule has 0 amide bonds. The molecule has 0 saturated heterocycles. The first-order valence-corrected chi connectivity index (χ1v) is 4.55. The summed E-state index contributed by atoms with van der Waals surface area (Å²) in [7, 11) is 0. The Labute approximate surface area is 72.4 Å². The molecule has 1 aliphatic carbocycles. The summed E-state index contributed by atoms with van der Waals surface area (Å²) in [6, 6.07) is 0.225. The molecule has 66 valence electrons. The predicted octanol–water partition coefficient (Wildman–Crippen LogP) is 1.18. The van der Waals surface area contributed by atoms with Gasteiger partial charge in [0.2, 0.25) is 0 Å². The molecule has 0 bridgehead atoms. The van der Waals surface area contributed by atoms with Crippen LogP contribution in [0.3, 0.4) is 0 Å². The lowest BCUT2D eigenvalue weighted by Gasteiger charge is -2.04. The van der Waals surface area contributed by atoms with Crippen LogP contribution in [0.15, 0.2) is 6.20 Å².